The van der Waals surface area contributed by atoms with E-state index in [-0.39, 0.29) is 36.3 Å². The molecule has 0 aliphatic carbocycles. The number of halogens is 2. The zero-order valence-electron chi connectivity index (χ0n) is 19.6. The molecule has 0 radical (unpaired) electrons. The lowest BCUT2D eigenvalue weighted by molar-refractivity contribution is 0.0812. The molecule has 35 heavy (non-hydrogen) atoms. The smallest absolute Gasteiger partial charge is 0.171 e. The maximum atomic E-state index is 15.0. The highest BCUT2D eigenvalue weighted by molar-refractivity contribution is 6.09. The number of pyridine rings is 1. The minimum atomic E-state index is -0.819. The number of aliphatic hydroxyl groups is 1. The molecule has 1 aliphatic heterocycles. The molecule has 3 N–H and O–H groups in total. The standard InChI is InChI=1S/C25H28F2N4O4/c1-33-21-9-22(34-2)24(27)20(23(21)26)8-16-13-31(14-32)25-19(16)7-15(11-30-25)17(10-28)12-29-18-3-5-35-6-4-18/h7,9-13,18,28-29,32H,3-6,8,14H2,1-2H3/b17-12+,28-10?. The molecule has 0 atom stereocenters. The molecule has 3 aromatic rings. The Morgan fingerprint density at radius 2 is 1.91 bits per heavy atom. The molecule has 0 bridgehead atoms. The van der Waals surface area contributed by atoms with E-state index in [0.29, 0.717) is 40.9 Å². The molecular weight excluding hydrogens is 458 g/mol. The van der Waals surface area contributed by atoms with Crippen molar-refractivity contribution in [3.8, 4) is 11.5 Å². The van der Waals surface area contributed by atoms with Gasteiger partial charge in [0.15, 0.2) is 23.1 Å². The van der Waals surface area contributed by atoms with E-state index in [1.165, 1.54) is 25.0 Å². The van der Waals surface area contributed by atoms with Crippen LogP contribution in [0.4, 0.5) is 8.78 Å². The van der Waals surface area contributed by atoms with Crippen LogP contribution in [0.15, 0.2) is 30.7 Å². The third-order valence-corrected chi connectivity index (χ3v) is 6.17. The summed E-state index contributed by atoms with van der Waals surface area (Å²) in [4.78, 5) is 4.46. The summed E-state index contributed by atoms with van der Waals surface area (Å²) < 4.78 is 47.0. The van der Waals surface area contributed by atoms with Gasteiger partial charge in [-0.1, -0.05) is 0 Å². The van der Waals surface area contributed by atoms with E-state index in [4.69, 9.17) is 19.6 Å². The van der Waals surface area contributed by atoms with E-state index in [1.807, 2.05) is 0 Å². The maximum absolute atomic E-state index is 15.0. The van der Waals surface area contributed by atoms with E-state index < -0.39 is 11.6 Å². The monoisotopic (exact) mass is 486 g/mol. The van der Waals surface area contributed by atoms with Crippen LogP contribution in [0.5, 0.6) is 11.5 Å². The molecule has 0 amide bonds. The van der Waals surface area contributed by atoms with Gasteiger partial charge in [0.25, 0.3) is 0 Å². The van der Waals surface area contributed by atoms with E-state index in [1.54, 1.807) is 24.7 Å². The van der Waals surface area contributed by atoms with Gasteiger partial charge in [-0.2, -0.15) is 0 Å². The normalized spacial score (nSPS) is 14.8. The van der Waals surface area contributed by atoms with Gasteiger partial charge < -0.3 is 34.6 Å². The number of ether oxygens (including phenoxy) is 3. The first-order chi connectivity index (χ1) is 17.0. The zero-order chi connectivity index (χ0) is 24.9. The summed E-state index contributed by atoms with van der Waals surface area (Å²) in [5.41, 5.74) is 2.07. The van der Waals surface area contributed by atoms with Gasteiger partial charge in [-0.3, -0.25) is 0 Å². The molecular formula is C25H28F2N4O4. The number of nitrogens with one attached hydrogen (secondary N) is 2. The van der Waals surface area contributed by atoms with Gasteiger partial charge in [-0.25, -0.2) is 13.8 Å². The number of fused-ring (bicyclic) bond motifs is 1. The van der Waals surface area contributed by atoms with Gasteiger partial charge in [-0.05, 0) is 24.5 Å². The Kier molecular flexibility index (Phi) is 7.62. The highest BCUT2D eigenvalue weighted by atomic mass is 19.1. The summed E-state index contributed by atoms with van der Waals surface area (Å²) in [6, 6.07) is 3.23. The van der Waals surface area contributed by atoms with Crippen LogP contribution >= 0.6 is 0 Å². The summed E-state index contributed by atoms with van der Waals surface area (Å²) in [6.45, 7) is 1.03. The van der Waals surface area contributed by atoms with Gasteiger partial charge in [0.1, 0.15) is 12.4 Å². The van der Waals surface area contributed by atoms with Crippen molar-refractivity contribution in [1.29, 1.82) is 5.41 Å². The molecule has 0 spiro atoms. The SMILES string of the molecule is COc1cc(OC)c(F)c(Cc2cn(CO)c3ncc(/C(C=N)=C/NC4CCOCC4)cc23)c1F. The van der Waals surface area contributed by atoms with Crippen molar-refractivity contribution in [2.75, 3.05) is 27.4 Å². The van der Waals surface area contributed by atoms with Crippen LogP contribution in [-0.4, -0.2) is 54.3 Å². The average molecular weight is 487 g/mol. The Balaban J connectivity index is 1.74. The molecule has 186 valence electrons. The summed E-state index contributed by atoms with van der Waals surface area (Å²) in [7, 11) is 2.60. The third kappa shape index (κ3) is 4.98. The van der Waals surface area contributed by atoms with Crippen molar-refractivity contribution in [3.05, 3.63) is 59.1 Å². The lowest BCUT2D eigenvalue weighted by Gasteiger charge is -2.22. The first-order valence-corrected chi connectivity index (χ1v) is 11.2. The molecule has 10 heteroatoms. The summed E-state index contributed by atoms with van der Waals surface area (Å²) in [5, 5.41) is 21.6. The number of allylic oxidation sites excluding steroid dienone is 1. The van der Waals surface area contributed by atoms with E-state index in [2.05, 4.69) is 10.3 Å². The van der Waals surface area contributed by atoms with Crippen LogP contribution in [-0.2, 0) is 17.9 Å². The Hall–Kier alpha value is -3.50. The molecule has 1 fully saturated rings. The third-order valence-electron chi connectivity index (χ3n) is 6.17. The minimum absolute atomic E-state index is 0.121. The molecule has 1 aromatic carbocycles. The molecule has 1 aliphatic rings. The Morgan fingerprint density at radius 3 is 2.51 bits per heavy atom. The first-order valence-electron chi connectivity index (χ1n) is 11.2. The van der Waals surface area contributed by atoms with E-state index in [0.717, 1.165) is 18.9 Å². The number of aromatic nitrogens is 2. The lowest BCUT2D eigenvalue weighted by Crippen LogP contribution is -2.31. The van der Waals surface area contributed by atoms with Crippen molar-refractivity contribution >= 4 is 22.8 Å². The predicted molar refractivity (Wildman–Crippen MR) is 128 cm³/mol. The second-order valence-electron chi connectivity index (χ2n) is 8.22. The number of rotatable bonds is 9. The van der Waals surface area contributed by atoms with Crippen molar-refractivity contribution < 1.29 is 28.1 Å². The molecule has 3 heterocycles. The van der Waals surface area contributed by atoms with Crippen molar-refractivity contribution in [2.24, 2.45) is 0 Å². The zero-order valence-corrected chi connectivity index (χ0v) is 19.6. The largest absolute Gasteiger partial charge is 0.494 e. The van der Waals surface area contributed by atoms with Gasteiger partial charge in [0, 0.05) is 78.6 Å². The Morgan fingerprint density at radius 1 is 1.23 bits per heavy atom. The first kappa shape index (κ1) is 24.6. The van der Waals surface area contributed by atoms with Crippen LogP contribution in [0, 0.1) is 17.0 Å². The number of nitrogens with zero attached hydrogens (tertiary/aromatic N) is 2. The van der Waals surface area contributed by atoms with Gasteiger partial charge >= 0.3 is 0 Å². The van der Waals surface area contributed by atoms with Gasteiger partial charge in [0.05, 0.1) is 14.2 Å². The molecule has 0 unspecified atom stereocenters. The number of aliphatic hydroxyl groups excluding tert-OH is 1. The van der Waals surface area contributed by atoms with E-state index >= 15 is 8.78 Å². The summed E-state index contributed by atoms with van der Waals surface area (Å²) in [5.74, 6) is -1.89. The van der Waals surface area contributed by atoms with Gasteiger partial charge in [-0.15, -0.1) is 0 Å². The second-order valence-corrected chi connectivity index (χ2v) is 8.22. The molecule has 0 saturated carbocycles. The van der Waals surface area contributed by atoms with Crippen molar-refractivity contribution in [3.63, 3.8) is 0 Å². The van der Waals surface area contributed by atoms with Crippen molar-refractivity contribution in [2.45, 2.75) is 32.0 Å². The Bertz CT molecular complexity index is 1220. The number of methoxy groups -OCH3 is 2. The Labute approximate surface area is 201 Å². The molecule has 2 aromatic heterocycles. The second kappa shape index (κ2) is 10.8. The maximum Gasteiger partial charge on any atom is 0.171 e. The fraction of sp³-hybridized carbons (Fsp3) is 0.360. The summed E-state index contributed by atoms with van der Waals surface area (Å²) in [6.07, 6.45) is 7.86. The molecule has 8 nitrogen and oxygen atoms in total. The fourth-order valence-corrected chi connectivity index (χ4v) is 4.21. The molecule has 4 rings (SSSR count). The average Bonchev–Trinajstić information content (AvgIpc) is 3.24. The van der Waals surface area contributed by atoms with Crippen LogP contribution < -0.4 is 14.8 Å². The van der Waals surface area contributed by atoms with Crippen LogP contribution in [0.2, 0.25) is 0 Å². The number of hydrogen-bond acceptors (Lipinski definition) is 7. The topological polar surface area (TPSA) is 102 Å². The van der Waals surface area contributed by atoms with Crippen LogP contribution in [0.1, 0.15) is 29.5 Å². The van der Waals surface area contributed by atoms with Crippen LogP contribution in [0.25, 0.3) is 16.6 Å². The quantitative estimate of drug-likeness (QED) is 0.400. The van der Waals surface area contributed by atoms with Gasteiger partial charge in [0.2, 0.25) is 0 Å². The number of hydrogen-bond donors (Lipinski definition) is 3. The van der Waals surface area contributed by atoms with Crippen molar-refractivity contribution in [1.82, 2.24) is 14.9 Å². The van der Waals surface area contributed by atoms with Crippen LogP contribution in [0.3, 0.4) is 0 Å². The minimum Gasteiger partial charge on any atom is -0.494 e. The predicted octanol–water partition coefficient (Wildman–Crippen LogP) is 3.63. The lowest BCUT2D eigenvalue weighted by atomic mass is 10.0. The fourth-order valence-electron chi connectivity index (χ4n) is 4.21. The number of benzene rings is 1. The highest BCUT2D eigenvalue weighted by Crippen LogP contribution is 2.34. The summed E-state index contributed by atoms with van der Waals surface area (Å²) >= 11 is 0. The molecule has 1 saturated heterocycles. The van der Waals surface area contributed by atoms with E-state index in [9.17, 15) is 5.11 Å². The highest BCUT2D eigenvalue weighted by Gasteiger charge is 2.22.